The minimum absolute atomic E-state index is 1.04. The van der Waals surface area contributed by atoms with Crippen LogP contribution in [0.2, 0.25) is 0 Å². The molecule has 10 heavy (non-hydrogen) atoms. The van der Waals surface area contributed by atoms with E-state index in [1.54, 1.807) is 0 Å². The molecule has 0 nitrogen and oxygen atoms in total. The van der Waals surface area contributed by atoms with Gasteiger partial charge >= 0.3 is 0 Å². The standard InChI is InChI=1S/C10H20/c1-3-9(4-2)10-7-5-6-8-10/h9-10H,3-8H2,1-2H3. The molecule has 1 rings (SSSR count). The Morgan fingerprint density at radius 2 is 1.60 bits per heavy atom. The third-order valence-corrected chi connectivity index (χ3v) is 3.12. The van der Waals surface area contributed by atoms with Crippen LogP contribution in [0.15, 0.2) is 0 Å². The summed E-state index contributed by atoms with van der Waals surface area (Å²) in [6.45, 7) is 4.68. The van der Waals surface area contributed by atoms with E-state index in [2.05, 4.69) is 13.8 Å². The minimum atomic E-state index is 1.04. The van der Waals surface area contributed by atoms with Gasteiger partial charge in [-0.2, -0.15) is 0 Å². The van der Waals surface area contributed by atoms with Crippen molar-refractivity contribution in [3.05, 3.63) is 0 Å². The molecule has 0 heteroatoms. The fraction of sp³-hybridized carbons (Fsp3) is 1.00. The summed E-state index contributed by atoms with van der Waals surface area (Å²) in [6.07, 6.45) is 8.85. The highest BCUT2D eigenvalue weighted by atomic mass is 14.3. The highest BCUT2D eigenvalue weighted by Crippen LogP contribution is 2.34. The maximum atomic E-state index is 2.34. The SMILES string of the molecule is CCC(CC)C1CCCC1. The van der Waals surface area contributed by atoms with E-state index in [1.807, 2.05) is 0 Å². The molecule has 60 valence electrons. The summed E-state index contributed by atoms with van der Waals surface area (Å²) in [6, 6.07) is 0. The van der Waals surface area contributed by atoms with Gasteiger partial charge in [0.15, 0.2) is 0 Å². The largest absolute Gasteiger partial charge is 0.0651 e. The number of hydrogen-bond acceptors (Lipinski definition) is 0. The first kappa shape index (κ1) is 8.10. The van der Waals surface area contributed by atoms with Crippen LogP contribution in [-0.2, 0) is 0 Å². The minimum Gasteiger partial charge on any atom is -0.0651 e. The maximum absolute atomic E-state index is 2.34. The molecule has 1 saturated carbocycles. The van der Waals surface area contributed by atoms with Crippen molar-refractivity contribution >= 4 is 0 Å². The molecule has 1 aliphatic rings. The van der Waals surface area contributed by atoms with Crippen molar-refractivity contribution in [1.82, 2.24) is 0 Å². The summed E-state index contributed by atoms with van der Waals surface area (Å²) in [5.74, 6) is 2.14. The van der Waals surface area contributed by atoms with E-state index in [0.717, 1.165) is 11.8 Å². The van der Waals surface area contributed by atoms with Crippen molar-refractivity contribution < 1.29 is 0 Å². The molecular weight excluding hydrogens is 120 g/mol. The van der Waals surface area contributed by atoms with Crippen LogP contribution in [0.1, 0.15) is 52.4 Å². The molecule has 0 aliphatic heterocycles. The van der Waals surface area contributed by atoms with Crippen LogP contribution in [0.5, 0.6) is 0 Å². The third-order valence-electron chi connectivity index (χ3n) is 3.12. The highest BCUT2D eigenvalue weighted by Gasteiger charge is 2.21. The second kappa shape index (κ2) is 4.00. The van der Waals surface area contributed by atoms with Gasteiger partial charge in [0, 0.05) is 0 Å². The van der Waals surface area contributed by atoms with E-state index in [9.17, 15) is 0 Å². The van der Waals surface area contributed by atoms with Crippen molar-refractivity contribution in [3.8, 4) is 0 Å². The van der Waals surface area contributed by atoms with Gasteiger partial charge in [-0.3, -0.25) is 0 Å². The van der Waals surface area contributed by atoms with Crippen molar-refractivity contribution in [2.24, 2.45) is 11.8 Å². The zero-order chi connectivity index (χ0) is 7.40. The zero-order valence-corrected chi connectivity index (χ0v) is 7.40. The summed E-state index contributed by atoms with van der Waals surface area (Å²) in [5, 5.41) is 0. The van der Waals surface area contributed by atoms with Crippen LogP contribution in [0.4, 0.5) is 0 Å². The molecule has 0 spiro atoms. The van der Waals surface area contributed by atoms with Gasteiger partial charge in [-0.15, -0.1) is 0 Å². The number of hydrogen-bond donors (Lipinski definition) is 0. The molecule has 0 bridgehead atoms. The zero-order valence-electron chi connectivity index (χ0n) is 7.40. The first-order chi connectivity index (χ1) is 4.88. The van der Waals surface area contributed by atoms with E-state index in [-0.39, 0.29) is 0 Å². The van der Waals surface area contributed by atoms with Crippen LogP contribution in [0.25, 0.3) is 0 Å². The predicted octanol–water partition coefficient (Wildman–Crippen LogP) is 3.61. The second-order valence-corrected chi connectivity index (χ2v) is 3.62. The van der Waals surface area contributed by atoms with Crippen LogP contribution < -0.4 is 0 Å². The molecular formula is C10H20. The van der Waals surface area contributed by atoms with Gasteiger partial charge in [0.05, 0.1) is 0 Å². The fourth-order valence-electron chi connectivity index (χ4n) is 2.38. The molecule has 0 atom stereocenters. The average molecular weight is 140 g/mol. The van der Waals surface area contributed by atoms with Crippen molar-refractivity contribution in [3.63, 3.8) is 0 Å². The van der Waals surface area contributed by atoms with Crippen molar-refractivity contribution in [2.45, 2.75) is 52.4 Å². The van der Waals surface area contributed by atoms with E-state index in [4.69, 9.17) is 0 Å². The molecule has 0 saturated heterocycles. The van der Waals surface area contributed by atoms with Gasteiger partial charge in [-0.25, -0.2) is 0 Å². The summed E-state index contributed by atoms with van der Waals surface area (Å²) in [4.78, 5) is 0. The van der Waals surface area contributed by atoms with Gasteiger partial charge in [0.25, 0.3) is 0 Å². The second-order valence-electron chi connectivity index (χ2n) is 3.62. The average Bonchev–Trinajstić information content (AvgIpc) is 2.43. The molecule has 0 heterocycles. The first-order valence-corrected chi connectivity index (χ1v) is 4.88. The van der Waals surface area contributed by atoms with Gasteiger partial charge in [0.2, 0.25) is 0 Å². The van der Waals surface area contributed by atoms with Crippen molar-refractivity contribution in [1.29, 1.82) is 0 Å². The van der Waals surface area contributed by atoms with Crippen LogP contribution in [-0.4, -0.2) is 0 Å². The van der Waals surface area contributed by atoms with Gasteiger partial charge in [-0.05, 0) is 11.8 Å². The number of rotatable bonds is 3. The maximum Gasteiger partial charge on any atom is -0.0386 e. The van der Waals surface area contributed by atoms with Gasteiger partial charge < -0.3 is 0 Å². The Bertz CT molecular complexity index is 76.0. The molecule has 0 unspecified atom stereocenters. The van der Waals surface area contributed by atoms with E-state index >= 15 is 0 Å². The topological polar surface area (TPSA) is 0 Å². The molecule has 0 N–H and O–H groups in total. The lowest BCUT2D eigenvalue weighted by Crippen LogP contribution is -2.08. The molecule has 0 amide bonds. The molecule has 0 aromatic carbocycles. The Balaban J connectivity index is 2.29. The van der Waals surface area contributed by atoms with Crippen molar-refractivity contribution in [2.75, 3.05) is 0 Å². The summed E-state index contributed by atoms with van der Waals surface area (Å²) in [5.41, 5.74) is 0. The first-order valence-electron chi connectivity index (χ1n) is 4.88. The fourth-order valence-corrected chi connectivity index (χ4v) is 2.38. The normalized spacial score (nSPS) is 20.7. The Morgan fingerprint density at radius 3 is 2.00 bits per heavy atom. The lowest BCUT2D eigenvalue weighted by molar-refractivity contribution is 0.320. The van der Waals surface area contributed by atoms with E-state index in [1.165, 1.54) is 38.5 Å². The molecule has 0 aromatic rings. The Hall–Kier alpha value is 0. The molecule has 1 aliphatic carbocycles. The van der Waals surface area contributed by atoms with Gasteiger partial charge in [0.1, 0.15) is 0 Å². The Labute approximate surface area is 65.0 Å². The Morgan fingerprint density at radius 1 is 1.10 bits per heavy atom. The predicted molar refractivity (Wildman–Crippen MR) is 46.0 cm³/mol. The molecule has 1 fully saturated rings. The lowest BCUT2D eigenvalue weighted by Gasteiger charge is -2.19. The van der Waals surface area contributed by atoms with Crippen LogP contribution in [0.3, 0.4) is 0 Å². The van der Waals surface area contributed by atoms with E-state index < -0.39 is 0 Å². The summed E-state index contributed by atoms with van der Waals surface area (Å²) < 4.78 is 0. The molecule has 0 aromatic heterocycles. The Kier molecular flexibility index (Phi) is 3.24. The summed E-state index contributed by atoms with van der Waals surface area (Å²) >= 11 is 0. The monoisotopic (exact) mass is 140 g/mol. The lowest BCUT2D eigenvalue weighted by atomic mass is 9.87. The smallest absolute Gasteiger partial charge is 0.0386 e. The van der Waals surface area contributed by atoms with Gasteiger partial charge in [-0.1, -0.05) is 52.4 Å². The summed E-state index contributed by atoms with van der Waals surface area (Å²) in [7, 11) is 0. The van der Waals surface area contributed by atoms with E-state index in [0.29, 0.717) is 0 Å². The highest BCUT2D eigenvalue weighted by molar-refractivity contribution is 4.73. The quantitative estimate of drug-likeness (QED) is 0.561. The van der Waals surface area contributed by atoms with Crippen LogP contribution >= 0.6 is 0 Å². The molecule has 0 radical (unpaired) electrons. The van der Waals surface area contributed by atoms with Crippen LogP contribution in [0, 0.1) is 11.8 Å². The third kappa shape index (κ3) is 1.74.